The van der Waals surface area contributed by atoms with Crippen LogP contribution in [0.5, 0.6) is 0 Å². The number of halogens is 4. The van der Waals surface area contributed by atoms with Crippen LogP contribution in [0.2, 0.25) is 10.0 Å². The number of unbranched alkanes of at least 4 members (excludes halogenated alkanes) is 1. The van der Waals surface area contributed by atoms with E-state index in [1.165, 1.54) is 11.3 Å². The van der Waals surface area contributed by atoms with Gasteiger partial charge in [0, 0.05) is 71.5 Å². The van der Waals surface area contributed by atoms with Crippen molar-refractivity contribution in [3.63, 3.8) is 0 Å². The Labute approximate surface area is 274 Å². The fraction of sp³-hybridized carbons (Fsp3) is 0.438. The van der Waals surface area contributed by atoms with E-state index >= 15 is 0 Å². The number of hydrogen-bond acceptors (Lipinski definition) is 6. The van der Waals surface area contributed by atoms with Gasteiger partial charge in [0.1, 0.15) is 5.54 Å². The molecule has 3 N–H and O–H groups in total. The number of thioether (sulfide) groups is 1. The van der Waals surface area contributed by atoms with Crippen LogP contribution in [0, 0.1) is 0 Å². The molecule has 0 bridgehead atoms. The molecule has 0 unspecified atom stereocenters. The summed E-state index contributed by atoms with van der Waals surface area (Å²) >= 11 is 15.9. The first kappa shape index (κ1) is 33.2. The van der Waals surface area contributed by atoms with Crippen molar-refractivity contribution in [1.82, 2.24) is 9.80 Å². The lowest BCUT2D eigenvalue weighted by molar-refractivity contribution is -0.140. The lowest BCUT2D eigenvalue weighted by atomic mass is 9.83. The molecule has 2 aromatic carbocycles. The number of carbonyl (C=O) groups excluding carboxylic acids is 2. The van der Waals surface area contributed by atoms with Crippen molar-refractivity contribution in [1.29, 1.82) is 0 Å². The molecule has 3 heterocycles. The van der Waals surface area contributed by atoms with Gasteiger partial charge in [0.15, 0.2) is 0 Å². The fourth-order valence-corrected chi connectivity index (χ4v) is 8.59. The lowest BCUT2D eigenvalue weighted by Gasteiger charge is -2.48. The molecule has 2 aliphatic rings. The smallest absolute Gasteiger partial charge is 0.263 e. The maximum absolute atomic E-state index is 13.9. The zero-order valence-corrected chi connectivity index (χ0v) is 27.3. The van der Waals surface area contributed by atoms with E-state index < -0.39 is 17.4 Å². The predicted molar refractivity (Wildman–Crippen MR) is 175 cm³/mol. The number of alkyl halides is 2. The standard InChI is InChI=1S/C32H35Cl2F2N3O3S2/c33-22-5-8-24(26(34)19-22)28-25(21-3-6-23(7-4-21)43-18-2-1-17-40)20-27(44-28)29(41)38-13-9-31(10-14-38,30(37)42)39-15-11-32(35,36)12-16-39/h3-8,19-20,40H,1-2,9-18H2,(H2,37,42). The number of rotatable bonds is 10. The Morgan fingerprint density at radius 3 is 2.23 bits per heavy atom. The molecule has 1 aromatic heterocycles. The van der Waals surface area contributed by atoms with Gasteiger partial charge in [0.05, 0.1) is 9.90 Å². The molecule has 2 fully saturated rings. The highest BCUT2D eigenvalue weighted by Gasteiger charge is 2.49. The minimum absolute atomic E-state index is 0.101. The first-order valence-corrected chi connectivity index (χ1v) is 17.2. The highest BCUT2D eigenvalue weighted by molar-refractivity contribution is 7.99. The van der Waals surface area contributed by atoms with Crippen molar-refractivity contribution in [2.75, 3.05) is 38.5 Å². The molecule has 3 aromatic rings. The van der Waals surface area contributed by atoms with E-state index in [1.807, 2.05) is 24.3 Å². The average Bonchev–Trinajstić information content (AvgIpc) is 3.44. The van der Waals surface area contributed by atoms with Gasteiger partial charge in [-0.15, -0.1) is 23.1 Å². The van der Waals surface area contributed by atoms with Crippen LogP contribution in [0.3, 0.4) is 0 Å². The maximum atomic E-state index is 13.9. The van der Waals surface area contributed by atoms with Crippen LogP contribution in [0.25, 0.3) is 21.6 Å². The van der Waals surface area contributed by atoms with Gasteiger partial charge in [-0.05, 0) is 67.3 Å². The summed E-state index contributed by atoms with van der Waals surface area (Å²) in [6.45, 7) is 0.979. The van der Waals surface area contributed by atoms with E-state index in [0.29, 0.717) is 40.9 Å². The number of benzene rings is 2. The van der Waals surface area contributed by atoms with Crippen molar-refractivity contribution in [2.45, 2.75) is 54.9 Å². The van der Waals surface area contributed by atoms with Gasteiger partial charge in [-0.3, -0.25) is 14.5 Å². The van der Waals surface area contributed by atoms with Crippen LogP contribution >= 0.6 is 46.3 Å². The van der Waals surface area contributed by atoms with E-state index in [1.54, 1.807) is 33.7 Å². The molecule has 44 heavy (non-hydrogen) atoms. The molecule has 236 valence electrons. The number of carbonyl (C=O) groups is 2. The van der Waals surface area contributed by atoms with Gasteiger partial charge < -0.3 is 15.7 Å². The van der Waals surface area contributed by atoms with Gasteiger partial charge >= 0.3 is 0 Å². The summed E-state index contributed by atoms with van der Waals surface area (Å²) in [6.07, 6.45) is 1.70. The van der Waals surface area contributed by atoms with E-state index in [9.17, 15) is 18.4 Å². The van der Waals surface area contributed by atoms with E-state index in [4.69, 9.17) is 34.0 Å². The number of nitrogens with zero attached hydrogens (tertiary/aromatic N) is 2. The Kier molecular flexibility index (Phi) is 10.6. The molecule has 2 aliphatic heterocycles. The number of hydrogen-bond donors (Lipinski definition) is 2. The zero-order chi connectivity index (χ0) is 31.5. The van der Waals surface area contributed by atoms with Crippen LogP contribution < -0.4 is 5.73 Å². The monoisotopic (exact) mass is 681 g/mol. The number of nitrogens with two attached hydrogens (primary N) is 1. The minimum atomic E-state index is -2.73. The van der Waals surface area contributed by atoms with Crippen molar-refractivity contribution in [3.05, 3.63) is 63.5 Å². The topological polar surface area (TPSA) is 86.9 Å². The number of amides is 2. The Hall–Kier alpha value is -2.21. The maximum Gasteiger partial charge on any atom is 0.263 e. The lowest BCUT2D eigenvalue weighted by Crippen LogP contribution is -2.64. The summed E-state index contributed by atoms with van der Waals surface area (Å²) in [5.41, 5.74) is 7.40. The first-order valence-electron chi connectivity index (χ1n) is 14.7. The van der Waals surface area contributed by atoms with Gasteiger partial charge in [0.25, 0.3) is 11.8 Å². The molecular formula is C32H35Cl2F2N3O3S2. The third kappa shape index (κ3) is 7.26. The van der Waals surface area contributed by atoms with E-state index in [-0.39, 0.29) is 38.4 Å². The molecular weight excluding hydrogens is 647 g/mol. The van der Waals surface area contributed by atoms with Crippen molar-refractivity contribution in [2.24, 2.45) is 5.73 Å². The summed E-state index contributed by atoms with van der Waals surface area (Å²) in [6, 6.07) is 15.4. The van der Waals surface area contributed by atoms with Crippen LogP contribution in [-0.4, -0.2) is 76.7 Å². The number of piperidine rings is 2. The number of likely N-dealkylation sites (tertiary alicyclic amines) is 2. The van der Waals surface area contributed by atoms with E-state index in [2.05, 4.69) is 12.1 Å². The molecule has 0 spiro atoms. The molecule has 5 rings (SSSR count). The predicted octanol–water partition coefficient (Wildman–Crippen LogP) is 7.44. The highest BCUT2D eigenvalue weighted by atomic mass is 35.5. The third-order valence-electron chi connectivity index (χ3n) is 8.54. The fourth-order valence-electron chi connectivity index (χ4n) is 5.94. The summed E-state index contributed by atoms with van der Waals surface area (Å²) in [4.78, 5) is 32.6. The Morgan fingerprint density at radius 1 is 0.932 bits per heavy atom. The van der Waals surface area contributed by atoms with Crippen molar-refractivity contribution >= 4 is 58.1 Å². The Balaban J connectivity index is 1.38. The molecule has 0 saturated carbocycles. The largest absolute Gasteiger partial charge is 0.396 e. The van der Waals surface area contributed by atoms with Gasteiger partial charge in [-0.1, -0.05) is 41.4 Å². The first-order chi connectivity index (χ1) is 21.0. The highest BCUT2D eigenvalue weighted by Crippen LogP contribution is 2.44. The van der Waals surface area contributed by atoms with Crippen molar-refractivity contribution < 1.29 is 23.5 Å². The van der Waals surface area contributed by atoms with Crippen LogP contribution in [0.4, 0.5) is 8.78 Å². The molecule has 6 nitrogen and oxygen atoms in total. The second-order valence-corrected chi connectivity index (χ2v) is 14.4. The van der Waals surface area contributed by atoms with Crippen LogP contribution in [0.15, 0.2) is 53.4 Å². The van der Waals surface area contributed by atoms with Gasteiger partial charge in [0.2, 0.25) is 5.91 Å². The second kappa shape index (κ2) is 14.1. The number of aliphatic hydroxyl groups excluding tert-OH is 1. The molecule has 0 atom stereocenters. The Morgan fingerprint density at radius 2 is 1.61 bits per heavy atom. The zero-order valence-electron chi connectivity index (χ0n) is 24.2. The molecule has 12 heteroatoms. The quantitative estimate of drug-likeness (QED) is 0.172. The summed E-state index contributed by atoms with van der Waals surface area (Å²) < 4.78 is 27.7. The summed E-state index contributed by atoms with van der Waals surface area (Å²) in [7, 11) is 0. The number of aliphatic hydroxyl groups is 1. The average molecular weight is 683 g/mol. The molecule has 0 radical (unpaired) electrons. The summed E-state index contributed by atoms with van der Waals surface area (Å²) in [5, 5.41) is 10.0. The number of thiophene rings is 1. The Bertz CT molecular complexity index is 1480. The third-order valence-corrected chi connectivity index (χ3v) is 11.3. The normalized spacial score (nSPS) is 18.3. The van der Waals surface area contributed by atoms with Crippen LogP contribution in [0.1, 0.15) is 48.2 Å². The molecule has 0 aliphatic carbocycles. The van der Waals surface area contributed by atoms with Gasteiger partial charge in [-0.2, -0.15) is 0 Å². The molecule has 2 saturated heterocycles. The van der Waals surface area contributed by atoms with Crippen molar-refractivity contribution in [3.8, 4) is 21.6 Å². The minimum Gasteiger partial charge on any atom is -0.396 e. The van der Waals surface area contributed by atoms with Gasteiger partial charge in [-0.25, -0.2) is 8.78 Å². The van der Waals surface area contributed by atoms with E-state index in [0.717, 1.165) is 45.1 Å². The van der Waals surface area contributed by atoms with Crippen LogP contribution in [-0.2, 0) is 4.79 Å². The second-order valence-electron chi connectivity index (χ2n) is 11.3. The summed E-state index contributed by atoms with van der Waals surface area (Å²) in [5.74, 6) is -2.50. The number of primary amides is 1. The molecule has 2 amide bonds. The SMILES string of the molecule is NC(=O)C1(N2CCC(F)(F)CC2)CCN(C(=O)c2cc(-c3ccc(SCCCCO)cc3)c(-c3ccc(Cl)cc3Cl)s2)CC1.